The number of carbonyl (C=O) groups excluding carboxylic acids is 1. The van der Waals surface area contributed by atoms with Crippen LogP contribution in [0.4, 0.5) is 0 Å². The minimum atomic E-state index is -0.641. The molecular weight excluding hydrogens is 679 g/mol. The second-order valence-electron chi connectivity index (χ2n) is 21.5. The Balaban J connectivity index is 1.49. The van der Waals surface area contributed by atoms with Crippen molar-refractivity contribution in [3.8, 4) is 0 Å². The van der Waals surface area contributed by atoms with E-state index in [1.807, 2.05) is 4.68 Å². The number of carboxylic acids is 1. The highest BCUT2D eigenvalue weighted by Crippen LogP contribution is 2.75. The number of aliphatic carboxylic acids is 1. The number of carboxylic acid groups (broad SMARTS) is 1. The average Bonchev–Trinajstić information content (AvgIpc) is 3.56. The average molecular weight is 752 g/mol. The molecule has 1 amide bonds. The van der Waals surface area contributed by atoms with Crippen molar-refractivity contribution < 1.29 is 24.2 Å². The van der Waals surface area contributed by atoms with E-state index in [4.69, 9.17) is 14.6 Å². The Hall–Kier alpha value is -2.30. The zero-order valence-corrected chi connectivity index (χ0v) is 36.4. The second-order valence-corrected chi connectivity index (χ2v) is 21.5. The molecule has 4 fully saturated rings. The van der Waals surface area contributed by atoms with Crippen LogP contribution >= 0.6 is 0 Å². The Morgan fingerprint density at radius 3 is 2.26 bits per heavy atom. The molecule has 54 heavy (non-hydrogen) atoms. The third-order valence-electron chi connectivity index (χ3n) is 17.7. The molecule has 1 N–H and O–H groups in total. The zero-order valence-electron chi connectivity index (χ0n) is 36.4. The first-order chi connectivity index (χ1) is 24.9. The van der Waals surface area contributed by atoms with Crippen LogP contribution in [0.15, 0.2) is 18.0 Å². The first-order valence-electron chi connectivity index (χ1n) is 20.8. The van der Waals surface area contributed by atoms with Gasteiger partial charge in [-0.25, -0.2) is 9.67 Å². The monoisotopic (exact) mass is 752 g/mol. The molecule has 3 saturated carbocycles. The van der Waals surface area contributed by atoms with Gasteiger partial charge in [0.25, 0.3) is 5.91 Å². The molecule has 2 heterocycles. The molecule has 0 spiro atoms. The summed E-state index contributed by atoms with van der Waals surface area (Å²) in [4.78, 5) is 35.7. The van der Waals surface area contributed by atoms with E-state index in [2.05, 4.69) is 106 Å². The van der Waals surface area contributed by atoms with Crippen LogP contribution in [0.3, 0.4) is 0 Å². The van der Waals surface area contributed by atoms with Crippen LogP contribution in [-0.2, 0) is 14.3 Å². The predicted molar refractivity (Wildman–Crippen MR) is 212 cm³/mol. The van der Waals surface area contributed by atoms with Gasteiger partial charge in [-0.3, -0.25) is 9.59 Å². The molecule has 10 heteroatoms. The maximum atomic E-state index is 13.7. The molecule has 0 radical (unpaired) electrons. The number of nitrogens with zero attached hydrogens (tertiary/aromatic N) is 5. The van der Waals surface area contributed by atoms with Gasteiger partial charge < -0.3 is 24.4 Å². The molecule has 1 aliphatic heterocycles. The molecule has 1 aromatic rings. The maximum Gasteiger partial charge on any atom is 0.307 e. The molecule has 5 aliphatic rings. The predicted octanol–water partition coefficient (Wildman–Crippen LogP) is 7.86. The number of amides is 1. The summed E-state index contributed by atoms with van der Waals surface area (Å²) < 4.78 is 16.0. The van der Waals surface area contributed by atoms with Crippen molar-refractivity contribution >= 4 is 11.9 Å². The van der Waals surface area contributed by atoms with Crippen molar-refractivity contribution in [2.24, 2.45) is 62.1 Å². The number of hydrogen-bond acceptors (Lipinski definition) is 7. The van der Waals surface area contributed by atoms with Crippen LogP contribution in [0.2, 0.25) is 0 Å². The van der Waals surface area contributed by atoms with Gasteiger partial charge in [0, 0.05) is 30.5 Å². The number of hydrogen-bond donors (Lipinski definition) is 1. The molecule has 6 rings (SSSR count). The van der Waals surface area contributed by atoms with Gasteiger partial charge in [-0.1, -0.05) is 80.9 Å². The van der Waals surface area contributed by atoms with E-state index in [0.29, 0.717) is 37.5 Å². The van der Waals surface area contributed by atoms with Crippen LogP contribution in [0.1, 0.15) is 131 Å². The lowest BCUT2D eigenvalue weighted by molar-refractivity contribution is -0.256. The van der Waals surface area contributed by atoms with E-state index in [-0.39, 0.29) is 62.5 Å². The fourth-order valence-corrected chi connectivity index (χ4v) is 13.2. The Morgan fingerprint density at radius 1 is 1.02 bits per heavy atom. The lowest BCUT2D eigenvalue weighted by Crippen LogP contribution is -2.69. The van der Waals surface area contributed by atoms with Crippen molar-refractivity contribution in [3.63, 3.8) is 0 Å². The first kappa shape index (κ1) is 41.3. The molecular formula is C44H73N5O5. The van der Waals surface area contributed by atoms with Crippen molar-refractivity contribution in [2.45, 2.75) is 132 Å². The molecule has 0 aromatic carbocycles. The molecule has 1 saturated heterocycles. The zero-order chi connectivity index (χ0) is 40.2. The smallest absolute Gasteiger partial charge is 0.307 e. The maximum absolute atomic E-state index is 13.7. The number of aromatic nitrogens is 3. The SMILES string of the molecule is CC(C)[C@@H](C)[C@@]1(C)CC[C@]2(C)[C@H]3CC[C@@H]4[C@@]5(COC[C@@]4(C)[C@@H](OC[C@](C)(N(C)C)C(C)(C)C)[C@H](n4ncnc4C(=O)N(C)C)C5)C3=CC[C@@]2(C)[C@@H]1C(=O)O. The fraction of sp³-hybridized carbons (Fsp3) is 0.864. The van der Waals surface area contributed by atoms with Gasteiger partial charge in [0.15, 0.2) is 0 Å². The molecule has 0 unspecified atom stereocenters. The first-order valence-corrected chi connectivity index (χ1v) is 20.8. The van der Waals surface area contributed by atoms with Crippen molar-refractivity contribution in [3.05, 3.63) is 23.8 Å². The van der Waals surface area contributed by atoms with Gasteiger partial charge in [0.05, 0.1) is 37.9 Å². The van der Waals surface area contributed by atoms with Gasteiger partial charge >= 0.3 is 5.97 Å². The van der Waals surface area contributed by atoms with Gasteiger partial charge in [0.1, 0.15) is 6.33 Å². The summed E-state index contributed by atoms with van der Waals surface area (Å²) in [6.45, 7) is 27.0. The quantitative estimate of drug-likeness (QED) is 0.254. The van der Waals surface area contributed by atoms with Crippen LogP contribution in [0.25, 0.3) is 0 Å². The van der Waals surface area contributed by atoms with Crippen LogP contribution in [0.5, 0.6) is 0 Å². The van der Waals surface area contributed by atoms with E-state index in [0.717, 1.165) is 38.5 Å². The van der Waals surface area contributed by atoms with E-state index in [9.17, 15) is 14.7 Å². The number of carbonyl (C=O) groups is 2. The molecule has 304 valence electrons. The summed E-state index contributed by atoms with van der Waals surface area (Å²) in [7, 11) is 7.79. The fourth-order valence-electron chi connectivity index (χ4n) is 13.2. The third kappa shape index (κ3) is 5.63. The molecule has 2 bridgehead atoms. The molecule has 1 aromatic heterocycles. The van der Waals surface area contributed by atoms with Crippen molar-refractivity contribution in [2.75, 3.05) is 48.0 Å². The number of fused-ring (bicyclic) bond motifs is 3. The summed E-state index contributed by atoms with van der Waals surface area (Å²) in [5, 5.41) is 16.0. The summed E-state index contributed by atoms with van der Waals surface area (Å²) >= 11 is 0. The summed E-state index contributed by atoms with van der Waals surface area (Å²) in [6, 6.07) is -0.253. The van der Waals surface area contributed by atoms with E-state index in [1.165, 1.54) is 11.9 Å². The molecule has 4 aliphatic carbocycles. The Labute approximate surface area is 326 Å². The van der Waals surface area contributed by atoms with E-state index in [1.54, 1.807) is 19.0 Å². The minimum Gasteiger partial charge on any atom is -0.481 e. The lowest BCUT2D eigenvalue weighted by Gasteiger charge is -2.71. The van der Waals surface area contributed by atoms with Crippen LogP contribution < -0.4 is 0 Å². The number of likely N-dealkylation sites (N-methyl/N-ethyl adjacent to an activating group) is 1. The lowest BCUT2D eigenvalue weighted by atomic mass is 9.34. The van der Waals surface area contributed by atoms with Crippen LogP contribution in [0, 0.1) is 62.1 Å². The van der Waals surface area contributed by atoms with Crippen LogP contribution in [-0.4, -0.2) is 101 Å². The topological polar surface area (TPSA) is 110 Å². The highest BCUT2D eigenvalue weighted by atomic mass is 16.5. The van der Waals surface area contributed by atoms with Gasteiger partial charge in [-0.2, -0.15) is 5.10 Å². The highest BCUT2D eigenvalue weighted by Gasteiger charge is 2.72. The largest absolute Gasteiger partial charge is 0.481 e. The van der Waals surface area contributed by atoms with E-state index >= 15 is 0 Å². The van der Waals surface area contributed by atoms with Gasteiger partial charge in [0.2, 0.25) is 5.82 Å². The normalized spacial score (nSPS) is 40.9. The second kappa shape index (κ2) is 13.4. The summed E-state index contributed by atoms with van der Waals surface area (Å²) in [5.41, 5.74) is -0.422. The molecule has 12 atom stereocenters. The number of rotatable bonds is 9. The number of ether oxygens (including phenoxy) is 2. The van der Waals surface area contributed by atoms with Crippen molar-refractivity contribution in [1.82, 2.24) is 24.6 Å². The highest BCUT2D eigenvalue weighted by molar-refractivity contribution is 5.90. The van der Waals surface area contributed by atoms with Crippen molar-refractivity contribution in [1.29, 1.82) is 0 Å². The summed E-state index contributed by atoms with van der Waals surface area (Å²) in [5.74, 6) is 0.318. The minimum absolute atomic E-state index is 0.0718. The number of allylic oxidation sites excluding steroid dienone is 1. The summed E-state index contributed by atoms with van der Waals surface area (Å²) in [6.07, 6.45) is 9.18. The van der Waals surface area contributed by atoms with Gasteiger partial charge in [-0.15, -0.1) is 0 Å². The standard InChI is InChI=1S/C44H73N5O5/c1-27(2)28(3)39(7)20-21-41(9)29-16-17-32-40(8)23-53-25-44(32,30(29)18-19-42(41,10)33(39)37(51)52)22-31(49-35(45-26-46-49)36(50)47(12)13)34(40)54-24-43(11,48(14)15)38(4,5)6/h18,26-29,31-34H,16-17,19-25H2,1-15H3,(H,51,52)/t28-,29+,31-,32+,33-,34+,39-,40-,41-,42+,43+,44+/m1/s1. The molecule has 10 nitrogen and oxygen atoms in total. The Morgan fingerprint density at radius 2 is 1.69 bits per heavy atom. The Kier molecular flexibility index (Phi) is 10.3. The third-order valence-corrected chi connectivity index (χ3v) is 17.7. The van der Waals surface area contributed by atoms with Gasteiger partial charge in [-0.05, 0) is 105 Å². The Bertz CT molecular complexity index is 1650. The van der Waals surface area contributed by atoms with E-state index < -0.39 is 17.3 Å².